The summed E-state index contributed by atoms with van der Waals surface area (Å²) in [6, 6.07) is 12.1. The van der Waals surface area contributed by atoms with Gasteiger partial charge in [-0.2, -0.15) is 0 Å². The molecule has 8 nitrogen and oxygen atoms in total. The zero-order valence-electron chi connectivity index (χ0n) is 15.4. The van der Waals surface area contributed by atoms with E-state index in [1.165, 1.54) is 11.8 Å². The number of aromatic nitrogens is 3. The van der Waals surface area contributed by atoms with E-state index in [-0.39, 0.29) is 17.4 Å². The molecule has 1 aromatic heterocycles. The van der Waals surface area contributed by atoms with Crippen molar-refractivity contribution in [3.63, 3.8) is 0 Å². The van der Waals surface area contributed by atoms with Gasteiger partial charge in [0.2, 0.25) is 15.9 Å². The van der Waals surface area contributed by atoms with Gasteiger partial charge in [-0.25, -0.2) is 13.6 Å². The average molecular weight is 452 g/mol. The molecule has 3 N–H and O–H groups in total. The Morgan fingerprint density at radius 2 is 2.07 bits per heavy atom. The summed E-state index contributed by atoms with van der Waals surface area (Å²) in [5.74, 6) is -0.468. The Hall–Kier alpha value is -2.40. The number of hydrogen-bond acceptors (Lipinski definition) is 6. The molecule has 3 aromatic rings. The molecule has 0 aliphatic heterocycles. The van der Waals surface area contributed by atoms with Crippen LogP contribution in [0.5, 0.6) is 0 Å². The van der Waals surface area contributed by atoms with Crippen LogP contribution in [0.1, 0.15) is 11.1 Å². The lowest BCUT2D eigenvalue weighted by Gasteiger charge is -2.09. The molecule has 0 aliphatic carbocycles. The molecule has 1 heterocycles. The Morgan fingerprint density at radius 3 is 2.79 bits per heavy atom. The number of aryl methyl sites for hydroxylation is 1. The van der Waals surface area contributed by atoms with Crippen molar-refractivity contribution >= 4 is 45.0 Å². The predicted octanol–water partition coefficient (Wildman–Crippen LogP) is 2.75. The number of halogens is 1. The number of primary sulfonamides is 1. The van der Waals surface area contributed by atoms with Crippen molar-refractivity contribution in [1.29, 1.82) is 0 Å². The predicted molar refractivity (Wildman–Crippen MR) is 114 cm³/mol. The van der Waals surface area contributed by atoms with E-state index in [1.807, 2.05) is 19.1 Å². The van der Waals surface area contributed by atoms with Crippen LogP contribution in [0, 0.1) is 6.92 Å². The van der Waals surface area contributed by atoms with Gasteiger partial charge in [0.15, 0.2) is 5.16 Å². The minimum atomic E-state index is -3.64. The van der Waals surface area contributed by atoms with Gasteiger partial charge >= 0.3 is 0 Å². The van der Waals surface area contributed by atoms with Gasteiger partial charge in [-0.1, -0.05) is 41.6 Å². The van der Waals surface area contributed by atoms with Crippen LogP contribution < -0.4 is 10.5 Å². The molecule has 0 atom stereocenters. The van der Waals surface area contributed by atoms with Gasteiger partial charge < -0.3 is 5.32 Å². The first-order valence-corrected chi connectivity index (χ1v) is 11.5. The summed E-state index contributed by atoms with van der Waals surface area (Å²) in [7, 11) is -3.64. The number of nitrogens with zero attached hydrogens (tertiary/aromatic N) is 3. The molecule has 152 valence electrons. The van der Waals surface area contributed by atoms with Crippen molar-refractivity contribution < 1.29 is 13.2 Å². The first-order chi connectivity index (χ1) is 13.7. The molecule has 0 spiro atoms. The largest absolute Gasteiger partial charge is 0.325 e. The molecule has 0 radical (unpaired) electrons. The topological polar surface area (TPSA) is 120 Å². The molecule has 0 saturated carbocycles. The number of benzene rings is 2. The minimum Gasteiger partial charge on any atom is -0.325 e. The normalized spacial score (nSPS) is 11.4. The zero-order valence-corrected chi connectivity index (χ0v) is 17.8. The van der Waals surface area contributed by atoms with E-state index in [2.05, 4.69) is 15.5 Å². The maximum absolute atomic E-state index is 12.3. The van der Waals surface area contributed by atoms with Crippen LogP contribution in [0.25, 0.3) is 5.69 Å². The fourth-order valence-corrected chi connectivity index (χ4v) is 4.08. The number of thioether (sulfide) groups is 1. The van der Waals surface area contributed by atoms with Crippen molar-refractivity contribution in [3.05, 3.63) is 64.9 Å². The van der Waals surface area contributed by atoms with Crippen LogP contribution >= 0.6 is 23.4 Å². The van der Waals surface area contributed by atoms with Crippen LogP contribution in [-0.2, 0) is 20.6 Å². The van der Waals surface area contributed by atoms with Gasteiger partial charge in [0, 0.05) is 10.7 Å². The standard InChI is InChI=1S/C18H18ClN5O3S2/c1-12-5-6-15(8-16(12)19)24-11-21-23-18(24)28-9-17(25)22-14-4-2-3-13(7-14)10-29(20,26)27/h2-8,11H,9-10H2,1H3,(H,22,25)(H2,20,26,27). The van der Waals surface area contributed by atoms with Crippen LogP contribution in [0.2, 0.25) is 5.02 Å². The first kappa shape index (κ1) is 21.3. The molecule has 3 rings (SSSR count). The average Bonchev–Trinajstić information content (AvgIpc) is 3.10. The monoisotopic (exact) mass is 451 g/mol. The van der Waals surface area contributed by atoms with E-state index < -0.39 is 10.0 Å². The van der Waals surface area contributed by atoms with E-state index in [0.29, 0.717) is 21.4 Å². The Morgan fingerprint density at radius 1 is 1.28 bits per heavy atom. The molecule has 2 aromatic carbocycles. The number of anilines is 1. The van der Waals surface area contributed by atoms with Gasteiger partial charge in [0.25, 0.3) is 0 Å². The fourth-order valence-electron chi connectivity index (χ4n) is 2.53. The van der Waals surface area contributed by atoms with Crippen LogP contribution in [0.4, 0.5) is 5.69 Å². The third-order valence-electron chi connectivity index (χ3n) is 3.86. The molecule has 11 heteroatoms. The highest BCUT2D eigenvalue weighted by molar-refractivity contribution is 7.99. The highest BCUT2D eigenvalue weighted by Gasteiger charge is 2.12. The highest BCUT2D eigenvalue weighted by Crippen LogP contribution is 2.24. The maximum Gasteiger partial charge on any atom is 0.234 e. The summed E-state index contributed by atoms with van der Waals surface area (Å²) >= 11 is 7.40. The van der Waals surface area contributed by atoms with Crippen LogP contribution in [0.15, 0.2) is 53.9 Å². The number of carbonyl (C=O) groups excluding carboxylic acids is 1. The van der Waals surface area contributed by atoms with Crippen molar-refractivity contribution in [2.75, 3.05) is 11.1 Å². The second-order valence-corrected chi connectivity index (χ2v) is 9.23. The Balaban J connectivity index is 1.64. The van der Waals surface area contributed by atoms with E-state index in [0.717, 1.165) is 11.3 Å². The van der Waals surface area contributed by atoms with Crippen molar-refractivity contribution in [3.8, 4) is 5.69 Å². The lowest BCUT2D eigenvalue weighted by atomic mass is 10.2. The zero-order chi connectivity index (χ0) is 21.0. The molecule has 29 heavy (non-hydrogen) atoms. The molecule has 0 saturated heterocycles. The third-order valence-corrected chi connectivity index (χ3v) is 5.95. The number of rotatable bonds is 7. The van der Waals surface area contributed by atoms with Crippen LogP contribution in [0.3, 0.4) is 0 Å². The first-order valence-electron chi connectivity index (χ1n) is 8.40. The maximum atomic E-state index is 12.3. The SMILES string of the molecule is Cc1ccc(-n2cnnc2SCC(=O)Nc2cccc(CS(N)(=O)=O)c2)cc1Cl. The van der Waals surface area contributed by atoms with Crippen LogP contribution in [-0.4, -0.2) is 34.8 Å². The van der Waals surface area contributed by atoms with Gasteiger partial charge in [-0.3, -0.25) is 9.36 Å². The summed E-state index contributed by atoms with van der Waals surface area (Å²) in [6.07, 6.45) is 1.55. The van der Waals surface area contributed by atoms with E-state index in [4.69, 9.17) is 16.7 Å². The van der Waals surface area contributed by atoms with Crippen molar-refractivity contribution in [2.24, 2.45) is 5.14 Å². The molecular formula is C18H18ClN5O3S2. The summed E-state index contributed by atoms with van der Waals surface area (Å²) in [5, 5.41) is 16.9. The summed E-state index contributed by atoms with van der Waals surface area (Å²) < 4.78 is 24.2. The lowest BCUT2D eigenvalue weighted by molar-refractivity contribution is -0.113. The number of nitrogens with two attached hydrogens (primary N) is 1. The fraction of sp³-hybridized carbons (Fsp3) is 0.167. The third kappa shape index (κ3) is 6.04. The summed E-state index contributed by atoms with van der Waals surface area (Å²) in [6.45, 7) is 1.91. The Kier molecular flexibility index (Phi) is 6.58. The minimum absolute atomic E-state index is 0.0949. The number of amides is 1. The Bertz CT molecular complexity index is 1150. The molecular weight excluding hydrogens is 434 g/mol. The van der Waals surface area contributed by atoms with Crippen molar-refractivity contribution in [2.45, 2.75) is 17.8 Å². The second kappa shape index (κ2) is 8.95. The van der Waals surface area contributed by atoms with E-state index in [9.17, 15) is 13.2 Å². The Labute approximate surface area is 177 Å². The van der Waals surface area contributed by atoms with Crippen molar-refractivity contribution in [1.82, 2.24) is 14.8 Å². The number of carbonyl (C=O) groups is 1. The molecule has 0 bridgehead atoms. The molecule has 0 unspecified atom stereocenters. The quantitative estimate of drug-likeness (QED) is 0.533. The van der Waals surface area contributed by atoms with Gasteiger partial charge in [-0.15, -0.1) is 10.2 Å². The van der Waals surface area contributed by atoms with E-state index >= 15 is 0 Å². The van der Waals surface area contributed by atoms with Gasteiger partial charge in [0.05, 0.1) is 17.2 Å². The molecule has 0 aliphatic rings. The van der Waals surface area contributed by atoms with Gasteiger partial charge in [-0.05, 0) is 42.3 Å². The highest BCUT2D eigenvalue weighted by atomic mass is 35.5. The lowest BCUT2D eigenvalue weighted by Crippen LogP contribution is -2.16. The second-order valence-electron chi connectivity index (χ2n) is 6.26. The summed E-state index contributed by atoms with van der Waals surface area (Å²) in [4.78, 5) is 12.3. The van der Waals surface area contributed by atoms with E-state index in [1.54, 1.807) is 41.2 Å². The summed E-state index contributed by atoms with van der Waals surface area (Å²) in [5.41, 5.74) is 2.74. The number of nitrogens with one attached hydrogen (secondary N) is 1. The smallest absolute Gasteiger partial charge is 0.234 e. The van der Waals surface area contributed by atoms with Gasteiger partial charge in [0.1, 0.15) is 6.33 Å². The number of sulfonamides is 1. The number of hydrogen-bond donors (Lipinski definition) is 2. The molecule has 0 fully saturated rings. The molecule has 1 amide bonds.